The van der Waals surface area contributed by atoms with Crippen LogP contribution in [-0.4, -0.2) is 40.9 Å². The van der Waals surface area contributed by atoms with Gasteiger partial charge in [0, 0.05) is 19.0 Å². The fourth-order valence-corrected chi connectivity index (χ4v) is 5.43. The number of hydrogen-bond acceptors (Lipinski definition) is 6. The van der Waals surface area contributed by atoms with Crippen molar-refractivity contribution < 1.29 is 13.9 Å². The smallest absolute Gasteiger partial charge is 0.237 e. The molecule has 9 heteroatoms. The van der Waals surface area contributed by atoms with Crippen LogP contribution in [0.4, 0.5) is 21.5 Å². The van der Waals surface area contributed by atoms with Crippen molar-refractivity contribution in [3.63, 3.8) is 0 Å². The number of nitrogens with one attached hydrogen (secondary N) is 1. The third-order valence-electron chi connectivity index (χ3n) is 7.52. The summed E-state index contributed by atoms with van der Waals surface area (Å²) in [5.74, 6) is 0.153. The number of nitrogens with zero attached hydrogens (tertiary/aromatic N) is 5. The Balaban J connectivity index is 1.61. The van der Waals surface area contributed by atoms with Crippen molar-refractivity contribution in [2.45, 2.75) is 37.8 Å². The molecule has 3 aromatic rings. The molecule has 6 rings (SSSR count). The van der Waals surface area contributed by atoms with Crippen molar-refractivity contribution in [2.24, 2.45) is 4.99 Å². The number of methoxy groups -OCH3 is 2. The summed E-state index contributed by atoms with van der Waals surface area (Å²) in [5, 5.41) is 4.25. The second-order valence-corrected chi connectivity index (χ2v) is 10.0. The van der Waals surface area contributed by atoms with E-state index in [2.05, 4.69) is 15.1 Å². The first-order chi connectivity index (χ1) is 20.1. The molecule has 0 atom stereocenters. The Morgan fingerprint density at radius 1 is 1.00 bits per heavy atom. The minimum Gasteiger partial charge on any atom is -0.480 e. The third-order valence-corrected chi connectivity index (χ3v) is 7.52. The van der Waals surface area contributed by atoms with Crippen molar-refractivity contribution in [3.05, 3.63) is 95.5 Å². The predicted octanol–water partition coefficient (Wildman–Crippen LogP) is 6.83. The highest BCUT2D eigenvalue weighted by atomic mass is 19.1. The Hall–Kier alpha value is -4.81. The highest BCUT2D eigenvalue weighted by molar-refractivity contribution is 5.86. The predicted molar refractivity (Wildman–Crippen MR) is 157 cm³/mol. The van der Waals surface area contributed by atoms with Crippen molar-refractivity contribution in [1.82, 2.24) is 14.5 Å². The lowest BCUT2D eigenvalue weighted by Crippen LogP contribution is -2.25. The van der Waals surface area contributed by atoms with Crippen LogP contribution in [0.2, 0.25) is 0 Å². The first-order valence-electron chi connectivity index (χ1n) is 13.5. The SMILES string of the molecule is [C-]#[N+]c1ccc2c(c1)nc1cc(Nc3cccnc3OC)c(=NC3CCC(OC)CC3)cc-1n2-c1ccc(F)cc1. The van der Waals surface area contributed by atoms with Gasteiger partial charge in [-0.05, 0) is 86.3 Å². The van der Waals surface area contributed by atoms with Gasteiger partial charge in [0.25, 0.3) is 0 Å². The first-order valence-corrected chi connectivity index (χ1v) is 13.5. The summed E-state index contributed by atoms with van der Waals surface area (Å²) in [5.41, 5.74) is 5.70. The third kappa shape index (κ3) is 5.34. The molecule has 206 valence electrons. The minimum absolute atomic E-state index is 0.143. The minimum atomic E-state index is -0.313. The van der Waals surface area contributed by atoms with E-state index in [4.69, 9.17) is 26.0 Å². The lowest BCUT2D eigenvalue weighted by molar-refractivity contribution is 0.0663. The molecule has 2 heterocycles. The number of rotatable bonds is 6. The van der Waals surface area contributed by atoms with Gasteiger partial charge in [-0.2, -0.15) is 0 Å². The quantitative estimate of drug-likeness (QED) is 0.186. The van der Waals surface area contributed by atoms with Gasteiger partial charge in [0.1, 0.15) is 11.5 Å². The number of benzene rings is 3. The van der Waals surface area contributed by atoms with Gasteiger partial charge in [0.15, 0.2) is 5.69 Å². The van der Waals surface area contributed by atoms with E-state index in [9.17, 15) is 4.39 Å². The summed E-state index contributed by atoms with van der Waals surface area (Å²) >= 11 is 0. The van der Waals surface area contributed by atoms with Crippen molar-refractivity contribution in [2.75, 3.05) is 19.5 Å². The molecule has 0 radical (unpaired) electrons. The van der Waals surface area contributed by atoms with Gasteiger partial charge in [0.2, 0.25) is 5.88 Å². The van der Waals surface area contributed by atoms with Gasteiger partial charge >= 0.3 is 0 Å². The number of hydrogen-bond donors (Lipinski definition) is 1. The fraction of sp³-hybridized carbons (Fsp3) is 0.250. The molecule has 3 aliphatic rings. The van der Waals surface area contributed by atoms with E-state index in [-0.39, 0.29) is 18.0 Å². The highest BCUT2D eigenvalue weighted by Crippen LogP contribution is 2.33. The van der Waals surface area contributed by atoms with E-state index in [1.165, 1.54) is 12.1 Å². The monoisotopic (exact) mass is 548 g/mol. The maximum atomic E-state index is 13.9. The van der Waals surface area contributed by atoms with Crippen LogP contribution in [-0.2, 0) is 4.74 Å². The van der Waals surface area contributed by atoms with Gasteiger partial charge in [-0.3, -0.25) is 4.99 Å². The van der Waals surface area contributed by atoms with Crippen LogP contribution in [0, 0.1) is 12.4 Å². The lowest BCUT2D eigenvalue weighted by atomic mass is 9.93. The number of ether oxygens (including phenoxy) is 2. The second kappa shape index (κ2) is 11.4. The molecule has 8 nitrogen and oxygen atoms in total. The Bertz CT molecular complexity index is 1790. The Labute approximate surface area is 237 Å². The van der Waals surface area contributed by atoms with Crippen LogP contribution in [0.3, 0.4) is 0 Å². The topological polar surface area (TPSA) is 77.9 Å². The molecule has 0 saturated heterocycles. The van der Waals surface area contributed by atoms with Gasteiger partial charge in [-0.1, -0.05) is 6.07 Å². The molecule has 1 aliphatic heterocycles. The molecule has 0 amide bonds. The molecule has 41 heavy (non-hydrogen) atoms. The highest BCUT2D eigenvalue weighted by Gasteiger charge is 2.22. The van der Waals surface area contributed by atoms with Gasteiger partial charge in [-0.15, -0.1) is 0 Å². The maximum Gasteiger partial charge on any atom is 0.237 e. The van der Waals surface area contributed by atoms with Crippen LogP contribution in [0.15, 0.2) is 77.9 Å². The fourth-order valence-electron chi connectivity index (χ4n) is 5.43. The largest absolute Gasteiger partial charge is 0.480 e. The Morgan fingerprint density at radius 2 is 1.80 bits per heavy atom. The summed E-state index contributed by atoms with van der Waals surface area (Å²) in [6, 6.07) is 19.7. The molecular weight excluding hydrogens is 519 g/mol. The maximum absolute atomic E-state index is 13.9. The van der Waals surface area contributed by atoms with Gasteiger partial charge < -0.3 is 19.4 Å². The standard InChI is InChI=1S/C32H29FN6O2/c1-34-22-10-15-30-28(17-22)38-29-18-26(37-25-5-4-16-35-32(25)41-3)27(36-21-8-13-24(40-2)14-9-21)19-31(29)39(30)23-11-6-20(33)7-12-23/h4-7,10-12,15-19,21,24,37H,8-9,13-14H2,2-3H3. The molecular formula is C32H29FN6O2. The zero-order valence-electron chi connectivity index (χ0n) is 22.8. The molecule has 2 aromatic carbocycles. The molecule has 0 unspecified atom stereocenters. The molecule has 0 bridgehead atoms. The van der Waals surface area contributed by atoms with Crippen molar-refractivity contribution >= 4 is 28.1 Å². The summed E-state index contributed by atoms with van der Waals surface area (Å²) in [6.07, 6.45) is 5.73. The first kappa shape index (κ1) is 26.4. The van der Waals surface area contributed by atoms with E-state index in [0.717, 1.165) is 53.6 Å². The van der Waals surface area contributed by atoms with Crippen LogP contribution in [0.5, 0.6) is 5.88 Å². The van der Waals surface area contributed by atoms with E-state index >= 15 is 0 Å². The van der Waals surface area contributed by atoms with Crippen LogP contribution < -0.4 is 15.4 Å². The zero-order valence-corrected chi connectivity index (χ0v) is 22.8. The zero-order chi connectivity index (χ0) is 28.3. The molecule has 1 saturated carbocycles. The van der Waals surface area contributed by atoms with Gasteiger partial charge in [-0.25, -0.2) is 19.2 Å². The van der Waals surface area contributed by atoms with E-state index in [0.29, 0.717) is 28.5 Å². The summed E-state index contributed by atoms with van der Waals surface area (Å²) < 4.78 is 27.0. The number of anilines is 2. The van der Waals surface area contributed by atoms with Crippen LogP contribution >= 0.6 is 0 Å². The summed E-state index contributed by atoms with van der Waals surface area (Å²) in [7, 11) is 3.35. The van der Waals surface area contributed by atoms with Crippen molar-refractivity contribution in [1.29, 1.82) is 0 Å². The lowest BCUT2D eigenvalue weighted by Gasteiger charge is -2.25. The van der Waals surface area contributed by atoms with Crippen molar-refractivity contribution in [3.8, 4) is 23.0 Å². The Kier molecular flexibility index (Phi) is 7.32. The second-order valence-electron chi connectivity index (χ2n) is 10.0. The number of halogens is 1. The average molecular weight is 549 g/mol. The normalized spacial score (nSPS) is 17.5. The average Bonchev–Trinajstić information content (AvgIpc) is 3.01. The van der Waals surface area contributed by atoms with Gasteiger partial charge in [0.05, 0.1) is 59.3 Å². The molecule has 0 spiro atoms. The molecule has 1 fully saturated rings. The molecule has 1 N–H and O–H groups in total. The van der Waals surface area contributed by atoms with Crippen LogP contribution in [0.25, 0.3) is 33.0 Å². The number of aromatic nitrogens is 3. The summed E-state index contributed by atoms with van der Waals surface area (Å²) in [4.78, 5) is 18.1. The number of pyridine rings is 1. The number of fused-ring (bicyclic) bond motifs is 2. The van der Waals surface area contributed by atoms with E-state index in [1.807, 2.05) is 34.9 Å². The van der Waals surface area contributed by atoms with Crippen LogP contribution in [0.1, 0.15) is 25.7 Å². The summed E-state index contributed by atoms with van der Waals surface area (Å²) in [6.45, 7) is 7.50. The molecule has 2 aliphatic carbocycles. The van der Waals surface area contributed by atoms with E-state index in [1.54, 1.807) is 44.7 Å². The van der Waals surface area contributed by atoms with E-state index < -0.39 is 0 Å². The molecule has 1 aromatic heterocycles. The Morgan fingerprint density at radius 3 is 2.54 bits per heavy atom.